The molecular weight excluding hydrogens is 337 g/mol. The summed E-state index contributed by atoms with van der Waals surface area (Å²) in [5, 5.41) is 15.6. The molecule has 0 saturated carbocycles. The van der Waals surface area contributed by atoms with Gasteiger partial charge in [0.2, 0.25) is 0 Å². The Labute approximate surface area is 142 Å². The molecule has 2 heterocycles. The van der Waals surface area contributed by atoms with E-state index < -0.39 is 0 Å². The van der Waals surface area contributed by atoms with Gasteiger partial charge >= 0.3 is 0 Å². The van der Waals surface area contributed by atoms with Gasteiger partial charge in [-0.05, 0) is 37.3 Å². The van der Waals surface area contributed by atoms with Gasteiger partial charge in [-0.2, -0.15) is 14.9 Å². The third-order valence-electron chi connectivity index (χ3n) is 3.06. The number of nitrogens with one attached hydrogen (secondary N) is 1. The van der Waals surface area contributed by atoms with E-state index in [1.165, 1.54) is 10.7 Å². The SMILES string of the molecule is Cc1ccc(-n2nccc2NC(=O)c2cc(Cl)ccc2Cl)nn1. The number of amides is 1. The molecule has 116 valence electrons. The van der Waals surface area contributed by atoms with Crippen LogP contribution < -0.4 is 5.32 Å². The van der Waals surface area contributed by atoms with E-state index >= 15 is 0 Å². The van der Waals surface area contributed by atoms with Crippen LogP contribution in [0.4, 0.5) is 5.82 Å². The van der Waals surface area contributed by atoms with Crippen molar-refractivity contribution in [2.45, 2.75) is 6.92 Å². The van der Waals surface area contributed by atoms with Gasteiger partial charge in [0.15, 0.2) is 5.82 Å². The number of carbonyl (C=O) groups is 1. The Kier molecular flexibility index (Phi) is 4.27. The molecule has 0 aliphatic carbocycles. The number of rotatable bonds is 3. The molecule has 0 aliphatic heterocycles. The highest BCUT2D eigenvalue weighted by atomic mass is 35.5. The zero-order valence-corrected chi connectivity index (χ0v) is 13.5. The van der Waals surface area contributed by atoms with Crippen LogP contribution in [0.1, 0.15) is 16.1 Å². The Morgan fingerprint density at radius 1 is 1.13 bits per heavy atom. The third kappa shape index (κ3) is 3.33. The van der Waals surface area contributed by atoms with Gasteiger partial charge in [-0.1, -0.05) is 23.2 Å². The van der Waals surface area contributed by atoms with Crippen molar-refractivity contribution in [2.24, 2.45) is 0 Å². The van der Waals surface area contributed by atoms with Crippen molar-refractivity contribution in [1.82, 2.24) is 20.0 Å². The van der Waals surface area contributed by atoms with Crippen molar-refractivity contribution in [2.75, 3.05) is 5.32 Å². The first kappa shape index (κ1) is 15.5. The van der Waals surface area contributed by atoms with E-state index in [1.54, 1.807) is 30.5 Å². The summed E-state index contributed by atoms with van der Waals surface area (Å²) >= 11 is 12.0. The molecule has 0 bridgehead atoms. The van der Waals surface area contributed by atoms with E-state index in [0.717, 1.165) is 5.69 Å². The first-order valence-electron chi connectivity index (χ1n) is 6.66. The minimum absolute atomic E-state index is 0.280. The van der Waals surface area contributed by atoms with Crippen LogP contribution in [0.5, 0.6) is 0 Å². The number of aromatic nitrogens is 4. The van der Waals surface area contributed by atoms with Gasteiger partial charge in [-0.15, -0.1) is 5.10 Å². The monoisotopic (exact) mass is 347 g/mol. The number of aryl methyl sites for hydroxylation is 1. The predicted molar refractivity (Wildman–Crippen MR) is 88.3 cm³/mol. The molecule has 1 amide bonds. The molecule has 6 nitrogen and oxygen atoms in total. The minimum atomic E-state index is -0.390. The van der Waals surface area contributed by atoms with Crippen LogP contribution in [0.25, 0.3) is 5.82 Å². The number of benzene rings is 1. The maximum atomic E-state index is 12.4. The molecule has 0 aliphatic rings. The van der Waals surface area contributed by atoms with E-state index in [9.17, 15) is 4.79 Å². The van der Waals surface area contributed by atoms with Crippen molar-refractivity contribution >= 4 is 34.9 Å². The average Bonchev–Trinajstić information content (AvgIpc) is 2.98. The second kappa shape index (κ2) is 6.36. The van der Waals surface area contributed by atoms with Crippen molar-refractivity contribution in [1.29, 1.82) is 0 Å². The highest BCUT2D eigenvalue weighted by Crippen LogP contribution is 2.22. The summed E-state index contributed by atoms with van der Waals surface area (Å²) in [5.41, 5.74) is 1.07. The second-order valence-electron chi connectivity index (χ2n) is 4.74. The molecule has 0 atom stereocenters. The van der Waals surface area contributed by atoms with Gasteiger partial charge in [-0.25, -0.2) is 0 Å². The van der Waals surface area contributed by atoms with Crippen LogP contribution in [-0.4, -0.2) is 25.9 Å². The number of halogens is 2. The van der Waals surface area contributed by atoms with E-state index in [4.69, 9.17) is 23.2 Å². The molecule has 2 aromatic heterocycles. The average molecular weight is 348 g/mol. The van der Waals surface area contributed by atoms with Gasteiger partial charge in [0.05, 0.1) is 22.5 Å². The molecule has 3 rings (SSSR count). The fourth-order valence-electron chi connectivity index (χ4n) is 1.94. The highest BCUT2D eigenvalue weighted by Gasteiger charge is 2.14. The molecule has 0 spiro atoms. The summed E-state index contributed by atoms with van der Waals surface area (Å²) in [6, 6.07) is 9.92. The Morgan fingerprint density at radius 3 is 2.70 bits per heavy atom. The lowest BCUT2D eigenvalue weighted by Gasteiger charge is -2.09. The van der Waals surface area contributed by atoms with Gasteiger partial charge in [-0.3, -0.25) is 4.79 Å². The van der Waals surface area contributed by atoms with Crippen LogP contribution in [0.15, 0.2) is 42.6 Å². The van der Waals surface area contributed by atoms with Gasteiger partial charge < -0.3 is 5.32 Å². The number of hydrogen-bond donors (Lipinski definition) is 1. The summed E-state index contributed by atoms with van der Waals surface area (Å²) in [6.07, 6.45) is 1.55. The van der Waals surface area contributed by atoms with E-state index in [-0.39, 0.29) is 11.5 Å². The first-order valence-corrected chi connectivity index (χ1v) is 7.41. The topological polar surface area (TPSA) is 72.7 Å². The normalized spacial score (nSPS) is 10.6. The van der Waals surface area contributed by atoms with E-state index in [1.807, 2.05) is 13.0 Å². The van der Waals surface area contributed by atoms with Gasteiger partial charge in [0.25, 0.3) is 5.91 Å². The van der Waals surface area contributed by atoms with Crippen LogP contribution in [0.3, 0.4) is 0 Å². The quantitative estimate of drug-likeness (QED) is 0.786. The first-order chi connectivity index (χ1) is 11.0. The van der Waals surface area contributed by atoms with Crippen molar-refractivity contribution < 1.29 is 4.79 Å². The predicted octanol–water partition coefficient (Wildman–Crippen LogP) is 3.53. The lowest BCUT2D eigenvalue weighted by Crippen LogP contribution is -2.16. The summed E-state index contributed by atoms with van der Waals surface area (Å²) in [5.74, 6) is 0.552. The summed E-state index contributed by atoms with van der Waals surface area (Å²) in [7, 11) is 0. The number of nitrogens with zero attached hydrogens (tertiary/aromatic N) is 4. The highest BCUT2D eigenvalue weighted by molar-refractivity contribution is 6.36. The maximum absolute atomic E-state index is 12.4. The third-order valence-corrected chi connectivity index (χ3v) is 3.62. The van der Waals surface area contributed by atoms with Gasteiger partial charge in [0.1, 0.15) is 5.82 Å². The number of hydrogen-bond acceptors (Lipinski definition) is 4. The lowest BCUT2D eigenvalue weighted by molar-refractivity contribution is 0.102. The van der Waals surface area contributed by atoms with Crippen molar-refractivity contribution in [3.63, 3.8) is 0 Å². The number of anilines is 1. The Balaban J connectivity index is 1.89. The summed E-state index contributed by atoms with van der Waals surface area (Å²) < 4.78 is 1.47. The Bertz CT molecular complexity index is 861. The Morgan fingerprint density at radius 2 is 1.96 bits per heavy atom. The minimum Gasteiger partial charge on any atom is -0.306 e. The molecule has 0 radical (unpaired) electrons. The molecule has 0 fully saturated rings. The van der Waals surface area contributed by atoms with E-state index in [0.29, 0.717) is 21.7 Å². The van der Waals surface area contributed by atoms with Crippen LogP contribution >= 0.6 is 23.2 Å². The number of carbonyl (C=O) groups excluding carboxylic acids is 1. The summed E-state index contributed by atoms with van der Waals surface area (Å²) in [4.78, 5) is 12.4. The standard InChI is InChI=1S/C15H11Cl2N5O/c1-9-2-5-14(21-20-9)22-13(6-7-18-22)19-15(23)11-8-10(16)3-4-12(11)17/h2-8H,1H3,(H,19,23). The summed E-state index contributed by atoms with van der Waals surface area (Å²) in [6.45, 7) is 1.84. The molecule has 23 heavy (non-hydrogen) atoms. The van der Waals surface area contributed by atoms with Crippen molar-refractivity contribution in [3.8, 4) is 5.82 Å². The smallest absolute Gasteiger partial charge is 0.258 e. The molecule has 1 N–H and O–H groups in total. The lowest BCUT2D eigenvalue weighted by atomic mass is 10.2. The van der Waals surface area contributed by atoms with Crippen LogP contribution in [0.2, 0.25) is 10.0 Å². The molecule has 0 unspecified atom stereocenters. The molecular formula is C15H11Cl2N5O. The zero-order chi connectivity index (χ0) is 16.4. The van der Waals surface area contributed by atoms with Gasteiger partial charge in [0, 0.05) is 11.1 Å². The molecule has 8 heteroatoms. The van der Waals surface area contributed by atoms with E-state index in [2.05, 4.69) is 20.6 Å². The zero-order valence-electron chi connectivity index (χ0n) is 12.0. The second-order valence-corrected chi connectivity index (χ2v) is 5.58. The Hall–Kier alpha value is -2.44. The fraction of sp³-hybridized carbons (Fsp3) is 0.0667. The fourth-order valence-corrected chi connectivity index (χ4v) is 2.32. The van der Waals surface area contributed by atoms with Crippen molar-refractivity contribution in [3.05, 3.63) is 63.9 Å². The molecule has 0 saturated heterocycles. The van der Waals surface area contributed by atoms with Crippen LogP contribution in [-0.2, 0) is 0 Å². The largest absolute Gasteiger partial charge is 0.306 e. The van der Waals surface area contributed by atoms with Crippen LogP contribution in [0, 0.1) is 6.92 Å². The molecule has 3 aromatic rings. The maximum Gasteiger partial charge on any atom is 0.258 e. The molecule has 1 aromatic carbocycles.